The molecule has 29 heavy (non-hydrogen) atoms. The van der Waals surface area contributed by atoms with Crippen LogP contribution in [0.15, 0.2) is 78.9 Å². The van der Waals surface area contributed by atoms with Crippen LogP contribution < -0.4 is 10.1 Å². The third kappa shape index (κ3) is 4.81. The SMILES string of the molecule is O=C(Cn1nnc(-c2cccc(F)c2)n1)Nc1ccc(Oc2ccccc2)cc1. The maximum Gasteiger partial charge on any atom is 0.248 e. The van der Waals surface area contributed by atoms with Gasteiger partial charge < -0.3 is 10.1 Å². The standard InChI is InChI=1S/C21H16FN5O2/c22-16-6-4-5-15(13-16)21-24-26-27(25-21)14-20(28)23-17-9-11-19(12-10-17)29-18-7-2-1-3-8-18/h1-13H,14H2,(H,23,28). The topological polar surface area (TPSA) is 81.9 Å². The Kier molecular flexibility index (Phi) is 5.24. The molecule has 1 aromatic heterocycles. The van der Waals surface area contributed by atoms with E-state index in [1.165, 1.54) is 12.1 Å². The van der Waals surface area contributed by atoms with Crippen LogP contribution >= 0.6 is 0 Å². The molecule has 7 nitrogen and oxygen atoms in total. The highest BCUT2D eigenvalue weighted by Crippen LogP contribution is 2.22. The van der Waals surface area contributed by atoms with Crippen LogP contribution in [0, 0.1) is 5.82 Å². The van der Waals surface area contributed by atoms with Gasteiger partial charge in [-0.3, -0.25) is 4.79 Å². The van der Waals surface area contributed by atoms with Gasteiger partial charge in [0.15, 0.2) is 0 Å². The van der Waals surface area contributed by atoms with Gasteiger partial charge in [-0.15, -0.1) is 10.2 Å². The molecule has 8 heteroatoms. The van der Waals surface area contributed by atoms with Gasteiger partial charge >= 0.3 is 0 Å². The Hall–Kier alpha value is -4.07. The monoisotopic (exact) mass is 389 g/mol. The van der Waals surface area contributed by atoms with Crippen molar-refractivity contribution in [3.63, 3.8) is 0 Å². The maximum absolute atomic E-state index is 13.3. The Morgan fingerprint density at radius 2 is 1.72 bits per heavy atom. The molecule has 0 bridgehead atoms. The Balaban J connectivity index is 1.35. The number of tetrazole rings is 1. The summed E-state index contributed by atoms with van der Waals surface area (Å²) in [6.07, 6.45) is 0. The highest BCUT2D eigenvalue weighted by Gasteiger charge is 2.10. The zero-order valence-electron chi connectivity index (χ0n) is 15.2. The van der Waals surface area contributed by atoms with Crippen molar-refractivity contribution in [2.24, 2.45) is 0 Å². The molecule has 3 aromatic carbocycles. The second-order valence-electron chi connectivity index (χ2n) is 6.14. The predicted octanol–water partition coefficient (Wildman–Crippen LogP) is 3.91. The van der Waals surface area contributed by atoms with E-state index in [-0.39, 0.29) is 18.3 Å². The van der Waals surface area contributed by atoms with E-state index in [2.05, 4.69) is 20.7 Å². The minimum atomic E-state index is -0.392. The lowest BCUT2D eigenvalue weighted by molar-refractivity contribution is -0.117. The van der Waals surface area contributed by atoms with Gasteiger partial charge in [0.2, 0.25) is 11.7 Å². The quantitative estimate of drug-likeness (QED) is 0.541. The summed E-state index contributed by atoms with van der Waals surface area (Å²) in [6.45, 7) is -0.120. The highest BCUT2D eigenvalue weighted by atomic mass is 19.1. The third-order valence-corrected chi connectivity index (χ3v) is 3.94. The summed E-state index contributed by atoms with van der Waals surface area (Å²) < 4.78 is 19.0. The number of carbonyl (C=O) groups excluding carboxylic acids is 1. The molecule has 0 spiro atoms. The van der Waals surface area contributed by atoms with Gasteiger partial charge in [0, 0.05) is 11.3 Å². The smallest absolute Gasteiger partial charge is 0.248 e. The molecule has 1 heterocycles. The van der Waals surface area contributed by atoms with Crippen molar-refractivity contribution in [3.8, 4) is 22.9 Å². The van der Waals surface area contributed by atoms with E-state index in [0.29, 0.717) is 17.0 Å². The Morgan fingerprint density at radius 1 is 0.966 bits per heavy atom. The molecule has 0 aliphatic rings. The summed E-state index contributed by atoms with van der Waals surface area (Å²) in [5.74, 6) is 0.934. The van der Waals surface area contributed by atoms with Crippen LogP contribution in [0.5, 0.6) is 11.5 Å². The van der Waals surface area contributed by atoms with Crippen LogP contribution in [0.1, 0.15) is 0 Å². The van der Waals surface area contributed by atoms with E-state index in [0.717, 1.165) is 10.5 Å². The van der Waals surface area contributed by atoms with E-state index < -0.39 is 5.82 Å². The molecule has 0 saturated carbocycles. The van der Waals surface area contributed by atoms with Gasteiger partial charge in [-0.05, 0) is 53.7 Å². The number of para-hydroxylation sites is 1. The number of anilines is 1. The molecule has 0 radical (unpaired) electrons. The second-order valence-corrected chi connectivity index (χ2v) is 6.14. The van der Waals surface area contributed by atoms with Crippen LogP contribution in [0.4, 0.5) is 10.1 Å². The number of carbonyl (C=O) groups is 1. The van der Waals surface area contributed by atoms with Gasteiger partial charge in [0.05, 0.1) is 0 Å². The van der Waals surface area contributed by atoms with Crippen molar-refractivity contribution >= 4 is 11.6 Å². The van der Waals surface area contributed by atoms with Gasteiger partial charge in [0.1, 0.15) is 23.9 Å². The molecular formula is C21H16FN5O2. The average Bonchev–Trinajstić information content (AvgIpc) is 3.19. The Labute approximate surface area is 165 Å². The van der Waals surface area contributed by atoms with Crippen molar-refractivity contribution < 1.29 is 13.9 Å². The van der Waals surface area contributed by atoms with E-state index >= 15 is 0 Å². The fourth-order valence-corrected chi connectivity index (χ4v) is 2.61. The number of ether oxygens (including phenoxy) is 1. The number of aromatic nitrogens is 4. The van der Waals surface area contributed by atoms with E-state index in [9.17, 15) is 9.18 Å². The minimum Gasteiger partial charge on any atom is -0.457 e. The van der Waals surface area contributed by atoms with Crippen LogP contribution in [-0.4, -0.2) is 26.1 Å². The second kappa shape index (κ2) is 8.30. The first kappa shape index (κ1) is 18.3. The predicted molar refractivity (Wildman–Crippen MR) is 105 cm³/mol. The zero-order chi connectivity index (χ0) is 20.1. The van der Waals surface area contributed by atoms with E-state index in [1.807, 2.05) is 30.3 Å². The Bertz CT molecular complexity index is 1110. The van der Waals surface area contributed by atoms with Crippen LogP contribution in [0.3, 0.4) is 0 Å². The summed E-state index contributed by atoms with van der Waals surface area (Å²) in [5.41, 5.74) is 1.10. The van der Waals surface area contributed by atoms with E-state index in [4.69, 9.17) is 4.74 Å². The summed E-state index contributed by atoms with van der Waals surface area (Å²) in [7, 11) is 0. The molecule has 4 rings (SSSR count). The Morgan fingerprint density at radius 3 is 2.48 bits per heavy atom. The summed E-state index contributed by atoms with van der Waals surface area (Å²) >= 11 is 0. The number of hydrogen-bond acceptors (Lipinski definition) is 5. The summed E-state index contributed by atoms with van der Waals surface area (Å²) in [4.78, 5) is 13.4. The number of benzene rings is 3. The molecule has 0 aliphatic carbocycles. The lowest BCUT2D eigenvalue weighted by Crippen LogP contribution is -2.20. The number of nitrogens with one attached hydrogen (secondary N) is 1. The molecule has 0 saturated heterocycles. The molecule has 0 atom stereocenters. The molecule has 4 aromatic rings. The molecule has 1 N–H and O–H groups in total. The number of amides is 1. The fourth-order valence-electron chi connectivity index (χ4n) is 2.61. The highest BCUT2D eigenvalue weighted by molar-refractivity contribution is 5.90. The molecule has 0 aliphatic heterocycles. The van der Waals surface area contributed by atoms with E-state index in [1.54, 1.807) is 36.4 Å². The summed E-state index contributed by atoms with van der Waals surface area (Å²) in [6, 6.07) is 22.3. The first-order chi connectivity index (χ1) is 14.2. The van der Waals surface area contributed by atoms with Crippen molar-refractivity contribution in [2.75, 3.05) is 5.32 Å². The number of nitrogens with zero attached hydrogens (tertiary/aromatic N) is 4. The molecule has 0 unspecified atom stereocenters. The molecular weight excluding hydrogens is 373 g/mol. The fraction of sp³-hybridized carbons (Fsp3) is 0.0476. The molecule has 144 valence electrons. The van der Waals surface area contributed by atoms with Crippen molar-refractivity contribution in [1.29, 1.82) is 0 Å². The van der Waals surface area contributed by atoms with Crippen LogP contribution in [-0.2, 0) is 11.3 Å². The number of hydrogen-bond donors (Lipinski definition) is 1. The maximum atomic E-state index is 13.3. The first-order valence-electron chi connectivity index (χ1n) is 8.82. The number of rotatable bonds is 6. The van der Waals surface area contributed by atoms with Crippen molar-refractivity contribution in [3.05, 3.63) is 84.7 Å². The lowest BCUT2D eigenvalue weighted by atomic mass is 10.2. The molecule has 0 fully saturated rings. The van der Waals surface area contributed by atoms with Gasteiger partial charge in [-0.2, -0.15) is 4.80 Å². The van der Waals surface area contributed by atoms with Crippen molar-refractivity contribution in [2.45, 2.75) is 6.54 Å². The average molecular weight is 389 g/mol. The number of halogens is 1. The van der Waals surface area contributed by atoms with Gasteiger partial charge in [-0.25, -0.2) is 4.39 Å². The first-order valence-corrected chi connectivity index (χ1v) is 8.82. The minimum absolute atomic E-state index is 0.120. The zero-order valence-corrected chi connectivity index (χ0v) is 15.2. The van der Waals surface area contributed by atoms with Crippen LogP contribution in [0.2, 0.25) is 0 Å². The van der Waals surface area contributed by atoms with Crippen LogP contribution in [0.25, 0.3) is 11.4 Å². The van der Waals surface area contributed by atoms with Gasteiger partial charge in [-0.1, -0.05) is 30.3 Å². The summed E-state index contributed by atoms with van der Waals surface area (Å²) in [5, 5.41) is 14.6. The third-order valence-electron chi connectivity index (χ3n) is 3.94. The lowest BCUT2D eigenvalue weighted by Gasteiger charge is -2.07. The largest absolute Gasteiger partial charge is 0.457 e. The molecule has 1 amide bonds. The van der Waals surface area contributed by atoms with Gasteiger partial charge in [0.25, 0.3) is 0 Å². The normalized spacial score (nSPS) is 10.5. The van der Waals surface area contributed by atoms with Crippen molar-refractivity contribution in [1.82, 2.24) is 20.2 Å².